The summed E-state index contributed by atoms with van der Waals surface area (Å²) in [5, 5.41) is 3.62. The van der Waals surface area contributed by atoms with Crippen LogP contribution in [0, 0.1) is 0 Å². The molecule has 0 radical (unpaired) electrons. The van der Waals surface area contributed by atoms with Gasteiger partial charge in [0.2, 0.25) is 5.82 Å². The summed E-state index contributed by atoms with van der Waals surface area (Å²) in [5.74, 6) is -0.157. The topological polar surface area (TPSA) is 70.7 Å². The van der Waals surface area contributed by atoms with E-state index in [1.54, 1.807) is 24.7 Å². The molecule has 1 aromatic carbocycles. The lowest BCUT2D eigenvalue weighted by Crippen LogP contribution is -2.15. The highest BCUT2D eigenvalue weighted by molar-refractivity contribution is 6.02. The van der Waals surface area contributed by atoms with Crippen molar-refractivity contribution < 1.29 is 4.79 Å². The van der Waals surface area contributed by atoms with Gasteiger partial charge in [0.05, 0.1) is 11.2 Å². The Hall–Kier alpha value is -2.69. The molecule has 0 fully saturated rings. The number of amides is 1. The van der Waals surface area contributed by atoms with E-state index in [1.807, 2.05) is 24.3 Å². The standard InChI is InChI=1S/C13H10N4O/c18-13(16-10-5-6-14-8-10)12-15-7-9-3-1-2-4-11(9)17-12/h1-8,14H,(H,16,18). The van der Waals surface area contributed by atoms with E-state index in [0.29, 0.717) is 5.69 Å². The van der Waals surface area contributed by atoms with Crippen LogP contribution in [0.25, 0.3) is 10.9 Å². The fraction of sp³-hybridized carbons (Fsp3) is 0. The first kappa shape index (κ1) is 10.5. The van der Waals surface area contributed by atoms with E-state index >= 15 is 0 Å². The Bertz CT molecular complexity index is 691. The molecule has 18 heavy (non-hydrogen) atoms. The van der Waals surface area contributed by atoms with Crippen LogP contribution in [0.15, 0.2) is 48.9 Å². The Balaban J connectivity index is 1.92. The van der Waals surface area contributed by atoms with Crippen molar-refractivity contribution in [1.29, 1.82) is 0 Å². The summed E-state index contributed by atoms with van der Waals surface area (Å²) in [6.45, 7) is 0. The SMILES string of the molecule is O=C(Nc1cc[nH]c1)c1ncc2ccccc2n1. The van der Waals surface area contributed by atoms with E-state index in [2.05, 4.69) is 20.3 Å². The first-order valence-corrected chi connectivity index (χ1v) is 5.49. The molecule has 0 saturated carbocycles. The van der Waals surface area contributed by atoms with Crippen molar-refractivity contribution in [2.75, 3.05) is 5.32 Å². The van der Waals surface area contributed by atoms with Gasteiger partial charge in [-0.15, -0.1) is 0 Å². The van der Waals surface area contributed by atoms with Gasteiger partial charge in [-0.2, -0.15) is 0 Å². The summed E-state index contributed by atoms with van der Waals surface area (Å²) >= 11 is 0. The molecule has 0 spiro atoms. The van der Waals surface area contributed by atoms with Crippen LogP contribution in [0.5, 0.6) is 0 Å². The number of fused-ring (bicyclic) bond motifs is 1. The highest BCUT2D eigenvalue weighted by Crippen LogP contribution is 2.11. The second-order valence-corrected chi connectivity index (χ2v) is 3.81. The molecule has 0 unspecified atom stereocenters. The van der Waals surface area contributed by atoms with Gasteiger partial charge in [-0.1, -0.05) is 18.2 Å². The second kappa shape index (κ2) is 4.29. The normalized spacial score (nSPS) is 10.4. The van der Waals surface area contributed by atoms with Gasteiger partial charge in [0, 0.05) is 24.0 Å². The third-order valence-corrected chi connectivity index (χ3v) is 2.55. The molecular formula is C13H10N4O. The number of aromatic amines is 1. The molecule has 3 rings (SSSR count). The Morgan fingerprint density at radius 1 is 1.22 bits per heavy atom. The van der Waals surface area contributed by atoms with Gasteiger partial charge in [-0.05, 0) is 12.1 Å². The Kier molecular flexibility index (Phi) is 2.49. The van der Waals surface area contributed by atoms with Gasteiger partial charge in [0.1, 0.15) is 0 Å². The maximum atomic E-state index is 11.9. The fourth-order valence-electron chi connectivity index (χ4n) is 1.67. The van der Waals surface area contributed by atoms with Gasteiger partial charge in [0.25, 0.3) is 5.91 Å². The fourth-order valence-corrected chi connectivity index (χ4v) is 1.67. The van der Waals surface area contributed by atoms with Crippen molar-refractivity contribution >= 4 is 22.5 Å². The van der Waals surface area contributed by atoms with Gasteiger partial charge in [-0.3, -0.25) is 4.79 Å². The predicted octanol–water partition coefficient (Wildman–Crippen LogP) is 2.21. The summed E-state index contributed by atoms with van der Waals surface area (Å²) in [6.07, 6.45) is 5.07. The van der Waals surface area contributed by atoms with Crippen molar-refractivity contribution in [1.82, 2.24) is 15.0 Å². The molecule has 88 valence electrons. The third kappa shape index (κ3) is 1.93. The first-order chi connectivity index (χ1) is 8.83. The minimum Gasteiger partial charge on any atom is -0.366 e. The molecule has 2 aromatic heterocycles. The number of hydrogen-bond acceptors (Lipinski definition) is 3. The van der Waals surface area contributed by atoms with Crippen LogP contribution in [0.3, 0.4) is 0 Å². The van der Waals surface area contributed by atoms with Crippen LogP contribution in [-0.4, -0.2) is 20.9 Å². The van der Waals surface area contributed by atoms with E-state index in [9.17, 15) is 4.79 Å². The summed E-state index contributed by atoms with van der Waals surface area (Å²) in [7, 11) is 0. The molecule has 0 bridgehead atoms. The van der Waals surface area contributed by atoms with E-state index in [1.165, 1.54) is 0 Å². The Labute approximate surface area is 103 Å². The molecule has 1 amide bonds. The number of nitrogens with zero attached hydrogens (tertiary/aromatic N) is 2. The summed E-state index contributed by atoms with van der Waals surface area (Å²) in [5.41, 5.74) is 1.45. The highest BCUT2D eigenvalue weighted by atomic mass is 16.2. The molecule has 0 aliphatic carbocycles. The van der Waals surface area contributed by atoms with Crippen LogP contribution in [0.2, 0.25) is 0 Å². The number of aromatic nitrogens is 3. The number of carbonyl (C=O) groups is 1. The number of benzene rings is 1. The maximum Gasteiger partial charge on any atom is 0.293 e. The lowest BCUT2D eigenvalue weighted by Gasteiger charge is -2.02. The molecular weight excluding hydrogens is 228 g/mol. The van der Waals surface area contributed by atoms with Gasteiger partial charge in [0.15, 0.2) is 0 Å². The van der Waals surface area contributed by atoms with Crippen LogP contribution in [-0.2, 0) is 0 Å². The average molecular weight is 238 g/mol. The molecule has 0 aliphatic heterocycles. The monoisotopic (exact) mass is 238 g/mol. The number of anilines is 1. The lowest BCUT2D eigenvalue weighted by atomic mass is 10.2. The van der Waals surface area contributed by atoms with Crippen molar-refractivity contribution in [3.8, 4) is 0 Å². The molecule has 3 aromatic rings. The summed E-state index contributed by atoms with van der Waals surface area (Å²) < 4.78 is 0. The number of nitrogens with one attached hydrogen (secondary N) is 2. The Morgan fingerprint density at radius 2 is 2.11 bits per heavy atom. The zero-order valence-corrected chi connectivity index (χ0v) is 9.42. The van der Waals surface area contributed by atoms with Crippen LogP contribution in [0.4, 0.5) is 5.69 Å². The third-order valence-electron chi connectivity index (χ3n) is 2.55. The predicted molar refractivity (Wildman–Crippen MR) is 68.3 cm³/mol. The first-order valence-electron chi connectivity index (χ1n) is 5.49. The molecule has 5 heteroatoms. The summed E-state index contributed by atoms with van der Waals surface area (Å²) in [4.78, 5) is 23.0. The van der Waals surface area contributed by atoms with Crippen molar-refractivity contribution in [3.63, 3.8) is 0 Å². The van der Waals surface area contributed by atoms with Crippen molar-refractivity contribution in [2.24, 2.45) is 0 Å². The van der Waals surface area contributed by atoms with E-state index in [-0.39, 0.29) is 11.7 Å². The number of H-pyrrole nitrogens is 1. The average Bonchev–Trinajstić information content (AvgIpc) is 2.91. The molecule has 2 N–H and O–H groups in total. The Morgan fingerprint density at radius 3 is 2.94 bits per heavy atom. The van der Waals surface area contributed by atoms with Crippen molar-refractivity contribution in [3.05, 3.63) is 54.7 Å². The number of rotatable bonds is 2. The zero-order chi connectivity index (χ0) is 12.4. The van der Waals surface area contributed by atoms with Crippen molar-refractivity contribution in [2.45, 2.75) is 0 Å². The van der Waals surface area contributed by atoms with Gasteiger partial charge < -0.3 is 10.3 Å². The number of para-hydroxylation sites is 1. The maximum absolute atomic E-state index is 11.9. The molecule has 0 saturated heterocycles. The van der Waals surface area contributed by atoms with Gasteiger partial charge >= 0.3 is 0 Å². The van der Waals surface area contributed by atoms with Crippen LogP contribution in [0.1, 0.15) is 10.6 Å². The highest BCUT2D eigenvalue weighted by Gasteiger charge is 2.10. The minimum atomic E-state index is -0.319. The number of hydrogen-bond donors (Lipinski definition) is 2. The van der Waals surface area contributed by atoms with E-state index < -0.39 is 0 Å². The summed E-state index contributed by atoms with van der Waals surface area (Å²) in [6, 6.07) is 9.31. The van der Waals surface area contributed by atoms with E-state index in [0.717, 1.165) is 10.9 Å². The molecule has 0 atom stereocenters. The van der Waals surface area contributed by atoms with Crippen LogP contribution >= 0.6 is 0 Å². The largest absolute Gasteiger partial charge is 0.366 e. The second-order valence-electron chi connectivity index (χ2n) is 3.81. The number of carbonyl (C=O) groups excluding carboxylic acids is 1. The molecule has 2 heterocycles. The molecule has 5 nitrogen and oxygen atoms in total. The zero-order valence-electron chi connectivity index (χ0n) is 9.42. The van der Waals surface area contributed by atoms with Gasteiger partial charge in [-0.25, -0.2) is 9.97 Å². The van der Waals surface area contributed by atoms with Crippen LogP contribution < -0.4 is 5.32 Å². The minimum absolute atomic E-state index is 0.162. The quantitative estimate of drug-likeness (QED) is 0.719. The molecule has 0 aliphatic rings. The van der Waals surface area contributed by atoms with E-state index in [4.69, 9.17) is 0 Å². The lowest BCUT2D eigenvalue weighted by molar-refractivity contribution is 0.101. The smallest absolute Gasteiger partial charge is 0.293 e.